The van der Waals surface area contributed by atoms with E-state index in [1.807, 2.05) is 12.1 Å². The molecule has 0 amide bonds. The van der Waals surface area contributed by atoms with Gasteiger partial charge in [0.1, 0.15) is 5.75 Å². The van der Waals surface area contributed by atoms with Crippen LogP contribution in [0.5, 0.6) is 5.75 Å². The van der Waals surface area contributed by atoms with Gasteiger partial charge in [0.2, 0.25) is 0 Å². The maximum absolute atomic E-state index is 6.22. The van der Waals surface area contributed by atoms with E-state index in [0.29, 0.717) is 0 Å². The monoisotopic (exact) mass is 385 g/mol. The van der Waals surface area contributed by atoms with Crippen LogP contribution in [0.4, 0.5) is 0 Å². The molecule has 1 heterocycles. The van der Waals surface area contributed by atoms with E-state index >= 15 is 0 Å². The third-order valence-electron chi connectivity index (χ3n) is 5.55. The summed E-state index contributed by atoms with van der Waals surface area (Å²) in [6.45, 7) is 6.89. The van der Waals surface area contributed by atoms with Crippen molar-refractivity contribution in [3.05, 3.63) is 64.7 Å². The smallest absolute Gasteiger partial charge is 0.122 e. The molecule has 3 rings (SSSR count). The Morgan fingerprint density at radius 1 is 1.00 bits per heavy atom. The van der Waals surface area contributed by atoms with Gasteiger partial charge in [0.15, 0.2) is 0 Å². The SMILES string of the molecule is CC1CCN(CCCCOc2ccc(Cl)cc2CCc2ccccc2)CC1. The fourth-order valence-electron chi connectivity index (χ4n) is 3.71. The van der Waals surface area contributed by atoms with Gasteiger partial charge in [-0.15, -0.1) is 0 Å². The van der Waals surface area contributed by atoms with Crippen molar-refractivity contribution in [2.24, 2.45) is 5.92 Å². The molecule has 0 saturated carbocycles. The molecule has 3 heteroatoms. The maximum Gasteiger partial charge on any atom is 0.122 e. The van der Waals surface area contributed by atoms with Crippen LogP contribution in [0.1, 0.15) is 43.7 Å². The summed E-state index contributed by atoms with van der Waals surface area (Å²) >= 11 is 6.22. The Morgan fingerprint density at radius 3 is 2.56 bits per heavy atom. The summed E-state index contributed by atoms with van der Waals surface area (Å²) < 4.78 is 6.11. The number of rotatable bonds is 9. The Balaban J connectivity index is 1.42. The van der Waals surface area contributed by atoms with Crippen LogP contribution in [-0.2, 0) is 12.8 Å². The minimum absolute atomic E-state index is 0.782. The van der Waals surface area contributed by atoms with Crippen molar-refractivity contribution in [2.45, 2.75) is 45.4 Å². The highest BCUT2D eigenvalue weighted by atomic mass is 35.5. The van der Waals surface area contributed by atoms with Gasteiger partial charge in [0.05, 0.1) is 6.61 Å². The lowest BCUT2D eigenvalue weighted by molar-refractivity contribution is 0.184. The third-order valence-corrected chi connectivity index (χ3v) is 5.79. The molecule has 2 aromatic carbocycles. The lowest BCUT2D eigenvalue weighted by atomic mass is 9.99. The highest BCUT2D eigenvalue weighted by Gasteiger charge is 2.14. The van der Waals surface area contributed by atoms with Gasteiger partial charge >= 0.3 is 0 Å². The molecule has 2 nitrogen and oxygen atoms in total. The number of unbranched alkanes of at least 4 members (excludes halogenated alkanes) is 1. The number of piperidine rings is 1. The quantitative estimate of drug-likeness (QED) is 0.489. The maximum atomic E-state index is 6.22. The second-order valence-corrected chi connectivity index (χ2v) is 8.25. The van der Waals surface area contributed by atoms with Gasteiger partial charge in [0, 0.05) is 5.02 Å². The van der Waals surface area contributed by atoms with E-state index in [4.69, 9.17) is 16.3 Å². The van der Waals surface area contributed by atoms with Crippen LogP contribution in [0.3, 0.4) is 0 Å². The predicted molar refractivity (Wildman–Crippen MR) is 115 cm³/mol. The van der Waals surface area contributed by atoms with Crippen molar-refractivity contribution < 1.29 is 4.74 Å². The minimum Gasteiger partial charge on any atom is -0.493 e. The summed E-state index contributed by atoms with van der Waals surface area (Å²) in [7, 11) is 0. The van der Waals surface area contributed by atoms with Gasteiger partial charge in [-0.1, -0.05) is 48.9 Å². The number of nitrogens with zero attached hydrogens (tertiary/aromatic N) is 1. The number of aryl methyl sites for hydroxylation is 2. The van der Waals surface area contributed by atoms with E-state index < -0.39 is 0 Å². The lowest BCUT2D eigenvalue weighted by Gasteiger charge is -2.30. The molecule has 0 bridgehead atoms. The predicted octanol–water partition coefficient (Wildman–Crippen LogP) is 6.02. The standard InChI is InChI=1S/C24H32ClNO/c1-20-13-16-26(17-14-20)15-5-6-18-27-24-12-11-23(25)19-22(24)10-9-21-7-3-2-4-8-21/h2-4,7-8,11-12,19-20H,5-6,9-10,13-18H2,1H3. The van der Waals surface area contributed by atoms with Crippen LogP contribution in [0.25, 0.3) is 0 Å². The lowest BCUT2D eigenvalue weighted by Crippen LogP contribution is -2.33. The molecule has 0 N–H and O–H groups in total. The van der Waals surface area contributed by atoms with Crippen molar-refractivity contribution in [2.75, 3.05) is 26.2 Å². The molecule has 1 aliphatic rings. The fourth-order valence-corrected chi connectivity index (χ4v) is 3.91. The summed E-state index contributed by atoms with van der Waals surface area (Å²) in [6, 6.07) is 16.6. The van der Waals surface area contributed by atoms with Gasteiger partial charge in [-0.2, -0.15) is 0 Å². The second kappa shape index (κ2) is 10.7. The summed E-state index contributed by atoms with van der Waals surface area (Å²) in [5.41, 5.74) is 2.55. The summed E-state index contributed by atoms with van der Waals surface area (Å²) in [6.07, 6.45) is 6.98. The van der Waals surface area contributed by atoms with E-state index in [2.05, 4.69) is 48.2 Å². The molecule has 146 valence electrons. The number of likely N-dealkylation sites (tertiary alicyclic amines) is 1. The average molecular weight is 386 g/mol. The van der Waals surface area contributed by atoms with Crippen LogP contribution in [0, 0.1) is 5.92 Å². The average Bonchev–Trinajstić information content (AvgIpc) is 2.69. The van der Waals surface area contributed by atoms with E-state index in [1.165, 1.54) is 50.0 Å². The molecule has 0 aliphatic carbocycles. The molecule has 1 saturated heterocycles. The number of halogens is 1. The number of ether oxygens (including phenoxy) is 1. The Bertz CT molecular complexity index is 680. The second-order valence-electron chi connectivity index (χ2n) is 7.82. The zero-order valence-electron chi connectivity index (χ0n) is 16.5. The van der Waals surface area contributed by atoms with Gasteiger partial charge in [-0.25, -0.2) is 0 Å². The van der Waals surface area contributed by atoms with Gasteiger partial charge in [-0.3, -0.25) is 0 Å². The van der Waals surface area contributed by atoms with E-state index in [9.17, 15) is 0 Å². The topological polar surface area (TPSA) is 12.5 Å². The fraction of sp³-hybridized carbons (Fsp3) is 0.500. The molecule has 1 aliphatic heterocycles. The van der Waals surface area contributed by atoms with Crippen LogP contribution >= 0.6 is 11.6 Å². The number of hydrogen-bond donors (Lipinski definition) is 0. The molecule has 0 unspecified atom stereocenters. The summed E-state index contributed by atoms with van der Waals surface area (Å²) in [5.74, 6) is 1.89. The Kier molecular flexibility index (Phi) is 8.04. The Hall–Kier alpha value is -1.51. The highest BCUT2D eigenvalue weighted by Crippen LogP contribution is 2.25. The van der Waals surface area contributed by atoms with E-state index in [0.717, 1.165) is 42.6 Å². The summed E-state index contributed by atoms with van der Waals surface area (Å²) in [4.78, 5) is 2.60. The van der Waals surface area contributed by atoms with Crippen LogP contribution in [0.2, 0.25) is 5.02 Å². The summed E-state index contributed by atoms with van der Waals surface area (Å²) in [5, 5.41) is 0.782. The Labute approximate surface area is 169 Å². The zero-order valence-corrected chi connectivity index (χ0v) is 17.3. The molecular weight excluding hydrogens is 354 g/mol. The van der Waals surface area contributed by atoms with Crippen molar-refractivity contribution in [3.8, 4) is 5.75 Å². The van der Waals surface area contributed by atoms with Crippen LogP contribution in [0.15, 0.2) is 48.5 Å². The van der Waals surface area contributed by atoms with Crippen LogP contribution < -0.4 is 4.74 Å². The van der Waals surface area contributed by atoms with Crippen LogP contribution in [-0.4, -0.2) is 31.1 Å². The first-order valence-corrected chi connectivity index (χ1v) is 10.8. The van der Waals surface area contributed by atoms with E-state index in [1.54, 1.807) is 0 Å². The van der Waals surface area contributed by atoms with Crippen molar-refractivity contribution in [1.82, 2.24) is 4.90 Å². The molecular formula is C24H32ClNO. The largest absolute Gasteiger partial charge is 0.493 e. The van der Waals surface area contributed by atoms with Gasteiger partial charge < -0.3 is 9.64 Å². The van der Waals surface area contributed by atoms with Gasteiger partial charge in [0.25, 0.3) is 0 Å². The number of hydrogen-bond acceptors (Lipinski definition) is 2. The normalized spacial score (nSPS) is 15.8. The minimum atomic E-state index is 0.782. The molecule has 27 heavy (non-hydrogen) atoms. The van der Waals surface area contributed by atoms with Crippen molar-refractivity contribution in [3.63, 3.8) is 0 Å². The molecule has 0 spiro atoms. The zero-order chi connectivity index (χ0) is 18.9. The highest BCUT2D eigenvalue weighted by molar-refractivity contribution is 6.30. The first-order valence-electron chi connectivity index (χ1n) is 10.4. The molecule has 0 atom stereocenters. The molecule has 2 aromatic rings. The van der Waals surface area contributed by atoms with Crippen molar-refractivity contribution >= 4 is 11.6 Å². The molecule has 0 aromatic heterocycles. The third kappa shape index (κ3) is 6.86. The Morgan fingerprint density at radius 2 is 1.78 bits per heavy atom. The molecule has 0 radical (unpaired) electrons. The van der Waals surface area contributed by atoms with E-state index in [-0.39, 0.29) is 0 Å². The van der Waals surface area contributed by atoms with Crippen molar-refractivity contribution in [1.29, 1.82) is 0 Å². The van der Waals surface area contributed by atoms with Gasteiger partial charge in [-0.05, 0) is 93.4 Å². The number of benzene rings is 2. The first-order chi connectivity index (χ1) is 13.2. The molecule has 1 fully saturated rings. The first kappa shape index (κ1) is 20.2.